The highest BCUT2D eigenvalue weighted by Crippen LogP contribution is 2.41. The number of hydrogen-bond acceptors (Lipinski definition) is 17. The van der Waals surface area contributed by atoms with Crippen molar-refractivity contribution in [2.75, 3.05) is 56.5 Å². The third-order valence-corrected chi connectivity index (χ3v) is 19.4. The molecule has 6 aromatic carbocycles. The second kappa shape index (κ2) is 39.3. The number of nitrogens with two attached hydrogens (primary N) is 3. The van der Waals surface area contributed by atoms with Gasteiger partial charge in [0.05, 0.1) is 50.4 Å². The molecule has 3 atom stereocenters. The van der Waals surface area contributed by atoms with E-state index < -0.39 is 59.1 Å². The number of aromatic nitrogens is 3. The van der Waals surface area contributed by atoms with Crippen LogP contribution in [0, 0.1) is 13.8 Å². The minimum absolute atomic E-state index is 0. The Morgan fingerprint density at radius 2 is 0.795 bits per heavy atom. The smallest absolute Gasteiger partial charge is 0.419 e. The number of ether oxygens (including phenoxy) is 4. The Morgan fingerprint density at radius 3 is 1.16 bits per heavy atom. The van der Waals surface area contributed by atoms with E-state index in [9.17, 15) is 55.4 Å². The number of alkyl halides is 7. The number of carbonyl (C=O) groups excluding carboxylic acids is 5. The maximum atomic E-state index is 13.6. The molecule has 9 aromatic rings. The highest BCUT2D eigenvalue weighted by atomic mass is 79.9. The van der Waals surface area contributed by atoms with Crippen molar-refractivity contribution in [3.05, 3.63) is 306 Å². The van der Waals surface area contributed by atoms with Gasteiger partial charge in [0, 0.05) is 102 Å². The van der Waals surface area contributed by atoms with Crippen molar-refractivity contribution in [3.63, 3.8) is 0 Å². The second-order valence-corrected chi connectivity index (χ2v) is 32.3. The van der Waals surface area contributed by atoms with Crippen LogP contribution in [0.4, 0.5) is 53.4 Å². The lowest BCUT2D eigenvalue weighted by atomic mass is 9.99. The number of nitrogen functional groups attached to an aromatic ring is 3. The number of nitrogens with one attached hydrogen (secondary N) is 1. The largest absolute Gasteiger partial charge is 0.504 e. The molecule has 3 aliphatic heterocycles. The molecule has 0 spiro atoms. The first kappa shape index (κ1) is 94.3. The van der Waals surface area contributed by atoms with Gasteiger partial charge in [0.2, 0.25) is 0 Å². The Balaban J connectivity index is 0.000000216. The van der Waals surface area contributed by atoms with Crippen molar-refractivity contribution < 1.29 is 74.4 Å². The number of carbonyl (C=O) groups is 5. The molecular formula is C93H101BrF6N12O10. The Bertz CT molecular complexity index is 5400. The summed E-state index contributed by atoms with van der Waals surface area (Å²) in [5, 5.41) is 12.8. The maximum absolute atomic E-state index is 13.6. The lowest BCUT2D eigenvalue weighted by molar-refractivity contribution is -0.139. The Hall–Kier alpha value is -13.2. The zero-order valence-electron chi connectivity index (χ0n) is 69.0. The molecule has 29 heteroatoms. The number of rotatable bonds is 13. The first-order chi connectivity index (χ1) is 56.7. The van der Waals surface area contributed by atoms with Crippen LogP contribution >= 0.6 is 15.9 Å². The van der Waals surface area contributed by atoms with Gasteiger partial charge in [-0.1, -0.05) is 160 Å². The zero-order valence-corrected chi connectivity index (χ0v) is 70.6. The monoisotopic (exact) mass is 1740 g/mol. The summed E-state index contributed by atoms with van der Waals surface area (Å²) in [5.41, 5.74) is 26.5. The first-order valence-electron chi connectivity index (χ1n) is 38.1. The van der Waals surface area contributed by atoms with Crippen LogP contribution in [0.25, 0.3) is 33.4 Å². The molecule has 22 nitrogen and oxygen atoms in total. The van der Waals surface area contributed by atoms with E-state index in [0.717, 1.165) is 23.3 Å². The first-order valence-corrected chi connectivity index (χ1v) is 39.0. The summed E-state index contributed by atoms with van der Waals surface area (Å²) in [6, 6.07) is 42.7. The number of amides is 5. The Morgan fingerprint density at radius 1 is 0.451 bits per heavy atom. The molecule has 3 fully saturated rings. The van der Waals surface area contributed by atoms with Gasteiger partial charge in [0.25, 0.3) is 17.7 Å². The van der Waals surface area contributed by atoms with Crippen LogP contribution in [0.15, 0.2) is 250 Å². The van der Waals surface area contributed by atoms with Crippen LogP contribution in [-0.2, 0) is 21.8 Å². The molecule has 6 heterocycles. The van der Waals surface area contributed by atoms with Crippen molar-refractivity contribution in [1.29, 1.82) is 0 Å². The molecule has 5 amide bonds. The molecule has 3 unspecified atom stereocenters. The number of piperazine rings is 3. The van der Waals surface area contributed by atoms with Gasteiger partial charge in [-0.25, -0.2) is 24.5 Å². The van der Waals surface area contributed by atoms with E-state index in [2.05, 4.69) is 114 Å². The lowest BCUT2D eigenvalue weighted by Gasteiger charge is -2.38. The summed E-state index contributed by atoms with van der Waals surface area (Å²) >= 11 is 3.53. The van der Waals surface area contributed by atoms with Crippen LogP contribution in [-0.4, -0.2) is 125 Å². The van der Waals surface area contributed by atoms with Gasteiger partial charge in [0.1, 0.15) is 23.4 Å². The fourth-order valence-corrected chi connectivity index (χ4v) is 13.7. The third-order valence-electron chi connectivity index (χ3n) is 18.9. The predicted octanol–water partition coefficient (Wildman–Crippen LogP) is 20.9. The number of halogens is 7. The number of aromatic hydroxyl groups is 1. The second-order valence-electron chi connectivity index (χ2n) is 30.9. The van der Waals surface area contributed by atoms with Gasteiger partial charge >= 0.3 is 24.5 Å². The average molecular weight is 1740 g/mol. The van der Waals surface area contributed by atoms with Crippen LogP contribution in [0.1, 0.15) is 157 Å². The Labute approximate surface area is 715 Å². The van der Waals surface area contributed by atoms with E-state index in [4.69, 9.17) is 36.1 Å². The van der Waals surface area contributed by atoms with Gasteiger partial charge in [-0.15, -0.1) is 0 Å². The Kier molecular flexibility index (Phi) is 30.4. The quantitative estimate of drug-likeness (QED) is 0.0529. The molecule has 122 heavy (non-hydrogen) atoms. The fourth-order valence-electron chi connectivity index (χ4n) is 13.2. The molecule has 8 N–H and O–H groups in total. The molecule has 0 radical (unpaired) electrons. The minimum atomic E-state index is -4.54. The molecule has 3 aliphatic rings. The maximum Gasteiger partial charge on any atom is 0.419 e. The molecule has 12 rings (SSSR count). The SMILES string of the molecule is C.C=C1CN(C(=O)c2ccc(-c3cnc(N)c(O)c3)cc2)CC(=C)N1C(=O)OC(C)(C)C.C=C1CN(C(=O)c2ccc(-c3cnc(N)c(OC(C)c4ccccc4C(F)(F)F)c3)cc2)CC(=C)N1.C=C1CN(C(=O)c2ccc(-c3cnc(N)c(OC(C)c4ccccc4C(F)(F)F)c3)cc2C)CC(=C)N1C(=O)OC(C)(C)C.Cc1ccccc1C(C)Br. The summed E-state index contributed by atoms with van der Waals surface area (Å²) in [6.45, 7) is 44.5. The zero-order chi connectivity index (χ0) is 89.1. The van der Waals surface area contributed by atoms with Gasteiger partial charge < -0.3 is 61.3 Å². The van der Waals surface area contributed by atoms with Crippen molar-refractivity contribution in [3.8, 4) is 50.6 Å². The standard InChI is InChI=1S/C33H35F3N4O4.C27H25F3N4O2.C23H26N4O4.C9H11Br.CH4/c1-19-14-23(12-13-25(19)30(41)39-17-20(2)40(21(3)18-39)31(42)44-32(5,6)7)24-15-28(29(37)38-16-24)43-22(4)26-10-8-9-11-27(26)33(34,35)36;1-16-14-34(15-17(2)33-16)26(35)20-10-8-19(9-11-20)21-12-24(25(31)32-13-21)36-18(3)22-6-4-5-7-23(22)27(28,29)30;1-14-12-26(13-15(2)27(14)22(30)31-23(3,4)5)21(29)17-8-6-16(7-9-17)18-10-19(28)20(24)25-11-18;1-7-5-3-4-6-9(7)8(2)10;/h8-16,22H,2-3,17-18H2,1,4-7H3,(H2,37,38);4-13,18,33H,1-2,14-15H2,3H3,(H2,31,32);6-11,28H,1-2,12-13H2,3-5H3,(H2,24,25);3-6,8H,1-2H3;1H4. The number of benzene rings is 6. The molecule has 0 bridgehead atoms. The molecule has 3 saturated heterocycles. The van der Waals surface area contributed by atoms with E-state index in [0.29, 0.717) is 96.6 Å². The highest BCUT2D eigenvalue weighted by molar-refractivity contribution is 9.09. The van der Waals surface area contributed by atoms with Crippen LogP contribution < -0.4 is 32.0 Å². The summed E-state index contributed by atoms with van der Waals surface area (Å²) < 4.78 is 103. The summed E-state index contributed by atoms with van der Waals surface area (Å²) in [6.07, 6.45) is -7.48. The van der Waals surface area contributed by atoms with Crippen molar-refractivity contribution >= 4 is 63.3 Å². The van der Waals surface area contributed by atoms with Gasteiger partial charge in [-0.05, 0) is 170 Å². The number of hydrogen-bond donors (Lipinski definition) is 5. The third kappa shape index (κ3) is 24.3. The van der Waals surface area contributed by atoms with Crippen molar-refractivity contribution in [2.45, 2.75) is 124 Å². The van der Waals surface area contributed by atoms with E-state index in [1.807, 2.05) is 0 Å². The molecule has 3 aromatic heterocycles. The molecule has 642 valence electrons. The highest BCUT2D eigenvalue weighted by Gasteiger charge is 2.39. The topological polar surface area (TPSA) is 287 Å². The number of pyridine rings is 3. The minimum Gasteiger partial charge on any atom is -0.504 e. The van der Waals surface area contributed by atoms with Crippen molar-refractivity contribution in [2.24, 2.45) is 0 Å². The number of anilines is 3. The summed E-state index contributed by atoms with van der Waals surface area (Å²) in [7, 11) is 0. The lowest BCUT2D eigenvalue weighted by Crippen LogP contribution is -2.48. The number of nitrogens with zero attached hydrogens (tertiary/aromatic N) is 8. The van der Waals surface area contributed by atoms with Gasteiger partial charge in [-0.3, -0.25) is 24.2 Å². The summed E-state index contributed by atoms with van der Waals surface area (Å²) in [4.78, 5) is 84.6. The normalized spacial score (nSPS) is 14.5. The molecule has 0 aliphatic carbocycles. The fraction of sp³-hybridized carbons (Fsp3) is 0.269. The van der Waals surface area contributed by atoms with Gasteiger partial charge in [-0.2, -0.15) is 26.3 Å². The molecule has 0 saturated carbocycles. The van der Waals surface area contributed by atoms with E-state index in [1.165, 1.54) is 89.6 Å². The van der Waals surface area contributed by atoms with Crippen LogP contribution in [0.5, 0.6) is 17.2 Å². The predicted molar refractivity (Wildman–Crippen MR) is 467 cm³/mol. The van der Waals surface area contributed by atoms with Crippen molar-refractivity contribution in [1.82, 2.24) is 44.8 Å². The average Bonchev–Trinajstić information content (AvgIpc) is 0.797. The van der Waals surface area contributed by atoms with Gasteiger partial charge in [0.15, 0.2) is 34.7 Å². The van der Waals surface area contributed by atoms with Crippen LogP contribution in [0.3, 0.4) is 0 Å². The summed E-state index contributed by atoms with van der Waals surface area (Å²) in [5.74, 6) is -0.297. The molecular weight excluding hydrogens is 1640 g/mol. The number of aryl methyl sites for hydroxylation is 2. The van der Waals surface area contributed by atoms with E-state index >= 15 is 0 Å². The van der Waals surface area contributed by atoms with Crippen LogP contribution in [0.2, 0.25) is 0 Å². The van der Waals surface area contributed by atoms with E-state index in [1.54, 1.807) is 148 Å². The van der Waals surface area contributed by atoms with E-state index in [-0.39, 0.29) is 97.2 Å².